The minimum absolute atomic E-state index is 0.246. The molecule has 0 aliphatic heterocycles. The van der Waals surface area contributed by atoms with Crippen molar-refractivity contribution in [3.8, 4) is 28.5 Å². The molecule has 0 saturated carbocycles. The summed E-state index contributed by atoms with van der Waals surface area (Å²) in [5, 5.41) is 13.8. The molecule has 23 heavy (non-hydrogen) atoms. The Balaban J connectivity index is 2.29. The van der Waals surface area contributed by atoms with E-state index in [-0.39, 0.29) is 5.82 Å². The molecule has 5 nitrogen and oxygen atoms in total. The quantitative estimate of drug-likeness (QED) is 0.804. The summed E-state index contributed by atoms with van der Waals surface area (Å²) in [6, 6.07) is 12.0. The first-order valence-corrected chi connectivity index (χ1v) is 7.44. The molecule has 0 aliphatic carbocycles. The van der Waals surface area contributed by atoms with Crippen molar-refractivity contribution in [1.82, 2.24) is 14.8 Å². The molecule has 1 aromatic carbocycles. The van der Waals surface area contributed by atoms with E-state index in [4.69, 9.17) is 5.73 Å². The molecular formula is C18H17N5. The average Bonchev–Trinajstić information content (AvgIpc) is 3.05. The van der Waals surface area contributed by atoms with Crippen molar-refractivity contribution >= 4 is 5.82 Å². The van der Waals surface area contributed by atoms with E-state index in [9.17, 15) is 5.26 Å². The molecule has 0 bridgehead atoms. The molecule has 3 aromatic rings. The lowest BCUT2D eigenvalue weighted by Gasteiger charge is -2.13. The summed E-state index contributed by atoms with van der Waals surface area (Å²) < 4.78 is 1.83. The van der Waals surface area contributed by atoms with Gasteiger partial charge in [0.25, 0.3) is 0 Å². The molecular weight excluding hydrogens is 286 g/mol. The number of pyridine rings is 1. The van der Waals surface area contributed by atoms with E-state index in [1.54, 1.807) is 6.20 Å². The van der Waals surface area contributed by atoms with Gasteiger partial charge in [-0.05, 0) is 19.4 Å². The Hall–Kier alpha value is -3.13. The summed E-state index contributed by atoms with van der Waals surface area (Å²) in [5.41, 5.74) is 10.8. The summed E-state index contributed by atoms with van der Waals surface area (Å²) in [4.78, 5) is 4.45. The van der Waals surface area contributed by atoms with Crippen molar-refractivity contribution < 1.29 is 0 Å². The number of hydrogen-bond acceptors (Lipinski definition) is 4. The number of rotatable bonds is 3. The van der Waals surface area contributed by atoms with Gasteiger partial charge in [0, 0.05) is 29.4 Å². The van der Waals surface area contributed by atoms with Crippen molar-refractivity contribution in [3.63, 3.8) is 0 Å². The lowest BCUT2D eigenvalue weighted by Crippen LogP contribution is -2.03. The highest BCUT2D eigenvalue weighted by atomic mass is 15.3. The summed E-state index contributed by atoms with van der Waals surface area (Å²) >= 11 is 0. The smallest absolute Gasteiger partial charge is 0.142 e. The van der Waals surface area contributed by atoms with Gasteiger partial charge in [-0.25, -0.2) is 4.98 Å². The van der Waals surface area contributed by atoms with Gasteiger partial charge in [0.05, 0.1) is 11.9 Å². The predicted octanol–water partition coefficient (Wildman–Crippen LogP) is 3.39. The van der Waals surface area contributed by atoms with Crippen LogP contribution in [0.5, 0.6) is 0 Å². The Morgan fingerprint density at radius 3 is 2.57 bits per heavy atom. The second kappa shape index (κ2) is 5.93. The second-order valence-corrected chi connectivity index (χ2v) is 5.28. The Labute approximate surface area is 135 Å². The molecule has 0 aliphatic rings. The third kappa shape index (κ3) is 2.55. The molecule has 2 aromatic heterocycles. The first-order chi connectivity index (χ1) is 11.2. The van der Waals surface area contributed by atoms with E-state index >= 15 is 0 Å². The van der Waals surface area contributed by atoms with Crippen LogP contribution in [0.25, 0.3) is 22.4 Å². The monoisotopic (exact) mass is 303 g/mol. The van der Waals surface area contributed by atoms with E-state index in [0.717, 1.165) is 34.5 Å². The number of nitriles is 1. The standard InChI is InChI=1S/C18H17N5/c1-3-23-11-14(10-21-23)16-12(2)17(13-7-5-4-6-8-13)22-18(20)15(16)9-19/h4-8,10-11H,3H2,1-2H3,(H2,20,22). The maximum absolute atomic E-state index is 9.51. The number of nitrogens with zero attached hydrogens (tertiary/aromatic N) is 4. The van der Waals surface area contributed by atoms with E-state index < -0.39 is 0 Å². The minimum atomic E-state index is 0.246. The normalized spacial score (nSPS) is 10.5. The van der Waals surface area contributed by atoms with Gasteiger partial charge in [-0.15, -0.1) is 0 Å². The number of nitrogens with two attached hydrogens (primary N) is 1. The van der Waals surface area contributed by atoms with Gasteiger partial charge >= 0.3 is 0 Å². The van der Waals surface area contributed by atoms with Crippen molar-refractivity contribution in [2.45, 2.75) is 20.4 Å². The van der Waals surface area contributed by atoms with Crippen LogP contribution >= 0.6 is 0 Å². The topological polar surface area (TPSA) is 80.5 Å². The lowest BCUT2D eigenvalue weighted by atomic mass is 9.94. The first-order valence-electron chi connectivity index (χ1n) is 7.44. The van der Waals surface area contributed by atoms with Gasteiger partial charge < -0.3 is 5.73 Å². The van der Waals surface area contributed by atoms with Gasteiger partial charge in [-0.2, -0.15) is 10.4 Å². The Morgan fingerprint density at radius 1 is 1.22 bits per heavy atom. The summed E-state index contributed by atoms with van der Waals surface area (Å²) in [5.74, 6) is 0.246. The molecule has 0 amide bonds. The number of hydrogen-bond donors (Lipinski definition) is 1. The van der Waals surface area contributed by atoms with Gasteiger partial charge in [0.2, 0.25) is 0 Å². The minimum Gasteiger partial charge on any atom is -0.383 e. The van der Waals surface area contributed by atoms with E-state index in [1.165, 1.54) is 0 Å². The molecule has 5 heteroatoms. The molecule has 0 atom stereocenters. The maximum Gasteiger partial charge on any atom is 0.142 e. The molecule has 0 radical (unpaired) electrons. The third-order valence-electron chi connectivity index (χ3n) is 3.87. The van der Waals surface area contributed by atoms with Crippen LogP contribution in [0.15, 0.2) is 42.7 Å². The molecule has 114 valence electrons. The zero-order valence-corrected chi connectivity index (χ0v) is 13.1. The van der Waals surface area contributed by atoms with Crippen molar-refractivity contribution in [1.29, 1.82) is 5.26 Å². The van der Waals surface area contributed by atoms with Crippen LogP contribution in [0.3, 0.4) is 0 Å². The van der Waals surface area contributed by atoms with Crippen LogP contribution < -0.4 is 5.73 Å². The Bertz CT molecular complexity index is 888. The molecule has 2 N–H and O–H groups in total. The fourth-order valence-electron chi connectivity index (χ4n) is 2.71. The predicted molar refractivity (Wildman–Crippen MR) is 90.4 cm³/mol. The van der Waals surface area contributed by atoms with Gasteiger partial charge in [0.15, 0.2) is 0 Å². The highest BCUT2D eigenvalue weighted by Crippen LogP contribution is 2.35. The van der Waals surface area contributed by atoms with Gasteiger partial charge in [-0.1, -0.05) is 30.3 Å². The lowest BCUT2D eigenvalue weighted by molar-refractivity contribution is 0.660. The zero-order chi connectivity index (χ0) is 16.4. The number of nitrogen functional groups attached to an aromatic ring is 1. The Kier molecular flexibility index (Phi) is 3.82. The van der Waals surface area contributed by atoms with Crippen LogP contribution in [-0.2, 0) is 6.54 Å². The fourth-order valence-corrected chi connectivity index (χ4v) is 2.71. The molecule has 0 saturated heterocycles. The van der Waals surface area contributed by atoms with Crippen molar-refractivity contribution in [2.75, 3.05) is 5.73 Å². The number of aromatic nitrogens is 3. The van der Waals surface area contributed by atoms with Crippen molar-refractivity contribution in [3.05, 3.63) is 53.9 Å². The van der Waals surface area contributed by atoms with Crippen LogP contribution in [0.2, 0.25) is 0 Å². The van der Waals surface area contributed by atoms with Gasteiger partial charge in [0.1, 0.15) is 17.5 Å². The SMILES string of the molecule is CCn1cc(-c2c(C)c(-c3ccccc3)nc(N)c2C#N)cn1. The van der Waals surface area contributed by atoms with Crippen LogP contribution in [0, 0.1) is 18.3 Å². The molecule has 2 heterocycles. The Morgan fingerprint density at radius 2 is 1.96 bits per heavy atom. The highest BCUT2D eigenvalue weighted by Gasteiger charge is 2.19. The number of anilines is 1. The summed E-state index contributed by atoms with van der Waals surface area (Å²) in [7, 11) is 0. The largest absolute Gasteiger partial charge is 0.383 e. The van der Waals surface area contributed by atoms with E-state index in [0.29, 0.717) is 5.56 Å². The second-order valence-electron chi connectivity index (χ2n) is 5.28. The number of benzene rings is 1. The molecule has 0 fully saturated rings. The fraction of sp³-hybridized carbons (Fsp3) is 0.167. The molecule has 3 rings (SSSR count). The zero-order valence-electron chi connectivity index (χ0n) is 13.1. The first kappa shape index (κ1) is 14.8. The average molecular weight is 303 g/mol. The summed E-state index contributed by atoms with van der Waals surface area (Å²) in [6.07, 6.45) is 3.69. The van der Waals surface area contributed by atoms with Crippen LogP contribution in [0.4, 0.5) is 5.82 Å². The van der Waals surface area contributed by atoms with Gasteiger partial charge in [-0.3, -0.25) is 4.68 Å². The third-order valence-corrected chi connectivity index (χ3v) is 3.87. The number of aryl methyl sites for hydroxylation is 1. The van der Waals surface area contributed by atoms with Crippen LogP contribution in [-0.4, -0.2) is 14.8 Å². The highest BCUT2D eigenvalue weighted by molar-refractivity contribution is 5.83. The molecule has 0 unspecified atom stereocenters. The van der Waals surface area contributed by atoms with Crippen LogP contribution in [0.1, 0.15) is 18.1 Å². The maximum atomic E-state index is 9.51. The van der Waals surface area contributed by atoms with E-state index in [1.807, 2.05) is 55.1 Å². The van der Waals surface area contributed by atoms with Crippen molar-refractivity contribution in [2.24, 2.45) is 0 Å². The summed E-state index contributed by atoms with van der Waals surface area (Å²) in [6.45, 7) is 4.76. The molecule has 0 spiro atoms. The van der Waals surface area contributed by atoms with E-state index in [2.05, 4.69) is 16.2 Å².